The lowest BCUT2D eigenvalue weighted by Gasteiger charge is -2.13. The Labute approximate surface area is 230 Å². The molecule has 186 valence electrons. The third-order valence-electron chi connectivity index (χ3n) is 5.44. The molecule has 2 aromatic carbocycles. The molecule has 0 fully saturated rings. The van der Waals surface area contributed by atoms with E-state index in [9.17, 15) is 4.79 Å². The molecule has 12 heteroatoms. The molecule has 2 N–H and O–H groups in total. The van der Waals surface area contributed by atoms with Crippen LogP contribution in [0.1, 0.15) is 17.1 Å². The second kappa shape index (κ2) is 10.4. The minimum atomic E-state index is -0.408. The first kappa shape index (κ1) is 25.1. The Morgan fingerprint density at radius 2 is 1.86 bits per heavy atom. The van der Waals surface area contributed by atoms with Gasteiger partial charge in [-0.25, -0.2) is 0 Å². The van der Waals surface area contributed by atoms with Gasteiger partial charge in [-0.3, -0.25) is 10.1 Å². The molecule has 5 aromatic rings. The molecule has 0 atom stereocenters. The van der Waals surface area contributed by atoms with Crippen molar-refractivity contribution in [2.24, 2.45) is 0 Å². The van der Waals surface area contributed by atoms with Crippen LogP contribution in [0.3, 0.4) is 0 Å². The number of nitrogens with zero attached hydrogens (tertiary/aromatic N) is 4. The molecule has 37 heavy (non-hydrogen) atoms. The Morgan fingerprint density at radius 1 is 1.08 bits per heavy atom. The number of carbonyl (C=O) groups excluding carboxylic acids is 1. The second-order valence-corrected chi connectivity index (χ2v) is 10.1. The SMILES string of the molecule is Cc1c(NC(=S)NC(=O)/C=C/c2ccc(-c3cccc(Cl)c3Cl)o2)cccc1-c1nn2c(C)nnc2s1. The van der Waals surface area contributed by atoms with Crippen molar-refractivity contribution >= 4 is 74.5 Å². The van der Waals surface area contributed by atoms with Gasteiger partial charge in [0.15, 0.2) is 10.9 Å². The Morgan fingerprint density at radius 3 is 2.68 bits per heavy atom. The van der Waals surface area contributed by atoms with Gasteiger partial charge in [0.1, 0.15) is 16.5 Å². The van der Waals surface area contributed by atoms with E-state index in [1.807, 2.05) is 32.0 Å². The van der Waals surface area contributed by atoms with E-state index in [0.717, 1.165) is 32.6 Å². The van der Waals surface area contributed by atoms with E-state index in [4.69, 9.17) is 39.8 Å². The molecular formula is C25H18Cl2N6O2S2. The number of aromatic nitrogens is 4. The highest BCUT2D eigenvalue weighted by molar-refractivity contribution is 7.80. The molecule has 3 aromatic heterocycles. The van der Waals surface area contributed by atoms with Crippen LogP contribution in [-0.2, 0) is 4.79 Å². The number of furan rings is 1. The lowest BCUT2D eigenvalue weighted by molar-refractivity contribution is -0.115. The van der Waals surface area contributed by atoms with Crippen LogP contribution in [0.4, 0.5) is 5.69 Å². The van der Waals surface area contributed by atoms with Gasteiger partial charge in [-0.2, -0.15) is 9.61 Å². The Bertz CT molecular complexity index is 1690. The fraction of sp³-hybridized carbons (Fsp3) is 0.0800. The monoisotopic (exact) mass is 568 g/mol. The summed E-state index contributed by atoms with van der Waals surface area (Å²) in [5.41, 5.74) is 3.28. The van der Waals surface area contributed by atoms with Crippen LogP contribution in [0.15, 0.2) is 59.0 Å². The van der Waals surface area contributed by atoms with E-state index in [0.29, 0.717) is 27.1 Å². The van der Waals surface area contributed by atoms with Crippen molar-refractivity contribution in [1.29, 1.82) is 0 Å². The minimum Gasteiger partial charge on any atom is -0.457 e. The number of aryl methyl sites for hydroxylation is 1. The predicted octanol–water partition coefficient (Wildman–Crippen LogP) is 6.56. The lowest BCUT2D eigenvalue weighted by atomic mass is 10.1. The van der Waals surface area contributed by atoms with Crippen molar-refractivity contribution in [3.63, 3.8) is 0 Å². The van der Waals surface area contributed by atoms with Gasteiger partial charge in [-0.15, -0.1) is 10.2 Å². The fourth-order valence-corrected chi connectivity index (χ4v) is 5.14. The van der Waals surface area contributed by atoms with Crippen LogP contribution in [0, 0.1) is 13.8 Å². The summed E-state index contributed by atoms with van der Waals surface area (Å²) in [6, 6.07) is 14.5. The quantitative estimate of drug-likeness (QED) is 0.183. The van der Waals surface area contributed by atoms with Crippen molar-refractivity contribution in [2.75, 3.05) is 5.32 Å². The second-order valence-electron chi connectivity index (χ2n) is 7.91. The summed E-state index contributed by atoms with van der Waals surface area (Å²) in [4.78, 5) is 13.2. The topological polar surface area (TPSA) is 97.3 Å². The van der Waals surface area contributed by atoms with Crippen LogP contribution in [0.5, 0.6) is 0 Å². The fourth-order valence-electron chi connectivity index (χ4n) is 3.57. The number of amides is 1. The Hall–Kier alpha value is -3.57. The van der Waals surface area contributed by atoms with Crippen molar-refractivity contribution in [3.8, 4) is 21.9 Å². The van der Waals surface area contributed by atoms with Crippen molar-refractivity contribution in [3.05, 3.63) is 81.8 Å². The number of hydrogen-bond acceptors (Lipinski definition) is 7. The third-order valence-corrected chi connectivity index (χ3v) is 7.39. The van der Waals surface area contributed by atoms with E-state index in [-0.39, 0.29) is 5.11 Å². The molecule has 1 amide bonds. The van der Waals surface area contributed by atoms with Gasteiger partial charge in [0.2, 0.25) is 10.9 Å². The first-order valence-electron chi connectivity index (χ1n) is 10.9. The number of rotatable bonds is 5. The highest BCUT2D eigenvalue weighted by Crippen LogP contribution is 2.34. The van der Waals surface area contributed by atoms with Crippen molar-refractivity contribution in [1.82, 2.24) is 25.1 Å². The zero-order valence-electron chi connectivity index (χ0n) is 19.5. The Balaban J connectivity index is 1.24. The number of thiocarbonyl (C=S) groups is 1. The lowest BCUT2D eigenvalue weighted by Crippen LogP contribution is -2.33. The number of fused-ring (bicyclic) bond motifs is 1. The maximum absolute atomic E-state index is 12.4. The van der Waals surface area contributed by atoms with Crippen LogP contribution in [-0.4, -0.2) is 30.8 Å². The molecule has 0 aliphatic rings. The Kier molecular flexibility index (Phi) is 7.07. The maximum Gasteiger partial charge on any atom is 0.250 e. The predicted molar refractivity (Wildman–Crippen MR) is 151 cm³/mol. The highest BCUT2D eigenvalue weighted by Gasteiger charge is 2.15. The zero-order chi connectivity index (χ0) is 26.1. The van der Waals surface area contributed by atoms with Gasteiger partial charge in [0.05, 0.1) is 10.0 Å². The van der Waals surface area contributed by atoms with Crippen molar-refractivity contribution in [2.45, 2.75) is 13.8 Å². The molecular weight excluding hydrogens is 551 g/mol. The molecule has 0 unspecified atom stereocenters. The van der Waals surface area contributed by atoms with E-state index >= 15 is 0 Å². The average molecular weight is 569 g/mol. The molecule has 0 saturated heterocycles. The molecule has 0 bridgehead atoms. The van der Waals surface area contributed by atoms with Crippen LogP contribution in [0.2, 0.25) is 10.0 Å². The van der Waals surface area contributed by atoms with Gasteiger partial charge >= 0.3 is 0 Å². The number of anilines is 1. The summed E-state index contributed by atoms with van der Waals surface area (Å²) in [5, 5.41) is 20.3. The minimum absolute atomic E-state index is 0.162. The van der Waals surface area contributed by atoms with Gasteiger partial charge in [-0.05, 0) is 68.0 Å². The van der Waals surface area contributed by atoms with E-state index in [1.54, 1.807) is 40.9 Å². The summed E-state index contributed by atoms with van der Waals surface area (Å²) in [6.45, 7) is 3.81. The summed E-state index contributed by atoms with van der Waals surface area (Å²) in [6.07, 6.45) is 2.88. The smallest absolute Gasteiger partial charge is 0.250 e. The standard InChI is InChI=1S/C25H18Cl2N6O2S2/c1-13-16(23-32-33-14(2)30-31-25(33)37-23)5-4-8-19(13)28-24(36)29-21(34)12-10-15-9-11-20(35-15)17-6-3-7-18(26)22(17)27/h3-12H,1-2H3,(H2,28,29,34,36)/b12-10+. The zero-order valence-corrected chi connectivity index (χ0v) is 22.6. The number of halogens is 2. The van der Waals surface area contributed by atoms with Gasteiger partial charge in [-0.1, -0.05) is 52.7 Å². The molecule has 0 aliphatic carbocycles. The normalized spacial score (nSPS) is 11.4. The summed E-state index contributed by atoms with van der Waals surface area (Å²) in [5.74, 6) is 1.33. The molecule has 0 spiro atoms. The molecule has 0 saturated carbocycles. The average Bonchev–Trinajstić information content (AvgIpc) is 3.59. The van der Waals surface area contributed by atoms with Crippen molar-refractivity contribution < 1.29 is 9.21 Å². The van der Waals surface area contributed by atoms with Gasteiger partial charge in [0, 0.05) is 22.9 Å². The molecule has 0 radical (unpaired) electrons. The van der Waals surface area contributed by atoms with Crippen LogP contribution >= 0.6 is 46.8 Å². The maximum atomic E-state index is 12.4. The van der Waals surface area contributed by atoms with E-state index in [2.05, 4.69) is 25.9 Å². The number of carbonyl (C=O) groups is 1. The number of benzene rings is 2. The summed E-state index contributed by atoms with van der Waals surface area (Å²) >= 11 is 19.1. The van der Waals surface area contributed by atoms with Gasteiger partial charge < -0.3 is 9.73 Å². The highest BCUT2D eigenvalue weighted by atomic mass is 35.5. The first-order valence-corrected chi connectivity index (χ1v) is 12.9. The van der Waals surface area contributed by atoms with Gasteiger partial charge in [0.25, 0.3) is 0 Å². The van der Waals surface area contributed by atoms with E-state index in [1.165, 1.54) is 17.4 Å². The molecule has 8 nitrogen and oxygen atoms in total. The third kappa shape index (κ3) is 5.28. The van der Waals surface area contributed by atoms with E-state index < -0.39 is 5.91 Å². The van der Waals surface area contributed by atoms with Crippen LogP contribution in [0.25, 0.3) is 32.9 Å². The summed E-state index contributed by atoms with van der Waals surface area (Å²) in [7, 11) is 0. The number of nitrogens with one attached hydrogen (secondary N) is 2. The summed E-state index contributed by atoms with van der Waals surface area (Å²) < 4.78 is 7.49. The molecule has 3 heterocycles. The largest absolute Gasteiger partial charge is 0.457 e. The number of hydrogen-bond donors (Lipinski definition) is 2. The molecule has 5 rings (SSSR count). The first-order chi connectivity index (χ1) is 17.8. The molecule has 0 aliphatic heterocycles. The van der Waals surface area contributed by atoms with Crippen LogP contribution < -0.4 is 10.6 Å².